The molecule has 0 bridgehead atoms. The SMILES string of the molecule is CNC(Cc1ccc(C(C)(C)C)cc1)c1cnc(C)cn1. The molecule has 1 atom stereocenters. The summed E-state index contributed by atoms with van der Waals surface area (Å²) in [4.78, 5) is 8.81. The molecule has 2 aromatic rings. The smallest absolute Gasteiger partial charge is 0.0759 e. The van der Waals surface area contributed by atoms with Crippen LogP contribution in [0.25, 0.3) is 0 Å². The molecule has 0 saturated heterocycles. The number of hydrogen-bond acceptors (Lipinski definition) is 3. The number of likely N-dealkylation sites (N-methyl/N-ethyl adjacent to an activating group) is 1. The number of aromatic nitrogens is 2. The van der Waals surface area contributed by atoms with Crippen LogP contribution in [0.4, 0.5) is 0 Å². The summed E-state index contributed by atoms with van der Waals surface area (Å²) in [6.45, 7) is 8.66. The lowest BCUT2D eigenvalue weighted by atomic mass is 9.86. The summed E-state index contributed by atoms with van der Waals surface area (Å²) in [5.41, 5.74) is 4.81. The Balaban J connectivity index is 2.13. The molecule has 21 heavy (non-hydrogen) atoms. The van der Waals surface area contributed by atoms with Crippen LogP contribution in [0.15, 0.2) is 36.7 Å². The molecule has 0 fully saturated rings. The molecule has 112 valence electrons. The molecule has 3 nitrogen and oxygen atoms in total. The van der Waals surface area contributed by atoms with Crippen molar-refractivity contribution >= 4 is 0 Å². The normalized spacial score (nSPS) is 13.2. The largest absolute Gasteiger partial charge is 0.311 e. The van der Waals surface area contributed by atoms with E-state index in [9.17, 15) is 0 Å². The first-order chi connectivity index (χ1) is 9.90. The molecular weight excluding hydrogens is 258 g/mol. The van der Waals surface area contributed by atoms with Crippen LogP contribution in [0.2, 0.25) is 0 Å². The molecule has 1 N–H and O–H groups in total. The van der Waals surface area contributed by atoms with E-state index in [4.69, 9.17) is 0 Å². The fraction of sp³-hybridized carbons (Fsp3) is 0.444. The Labute approximate surface area is 127 Å². The third-order valence-corrected chi connectivity index (χ3v) is 3.77. The van der Waals surface area contributed by atoms with Crippen molar-refractivity contribution in [1.82, 2.24) is 15.3 Å². The lowest BCUT2D eigenvalue weighted by Gasteiger charge is -2.20. The molecule has 1 aromatic heterocycles. The Hall–Kier alpha value is -1.74. The molecule has 0 spiro atoms. The summed E-state index contributed by atoms with van der Waals surface area (Å²) in [6.07, 6.45) is 4.60. The van der Waals surface area contributed by atoms with E-state index >= 15 is 0 Å². The molecule has 0 saturated carbocycles. The van der Waals surface area contributed by atoms with Gasteiger partial charge in [0.1, 0.15) is 0 Å². The molecule has 2 rings (SSSR count). The highest BCUT2D eigenvalue weighted by Crippen LogP contribution is 2.23. The van der Waals surface area contributed by atoms with Crippen molar-refractivity contribution in [2.24, 2.45) is 0 Å². The van der Waals surface area contributed by atoms with E-state index < -0.39 is 0 Å². The lowest BCUT2D eigenvalue weighted by Crippen LogP contribution is -2.20. The van der Waals surface area contributed by atoms with Gasteiger partial charge in [-0.3, -0.25) is 9.97 Å². The third kappa shape index (κ3) is 4.11. The van der Waals surface area contributed by atoms with E-state index in [2.05, 4.69) is 60.3 Å². The van der Waals surface area contributed by atoms with Crippen molar-refractivity contribution < 1.29 is 0 Å². The molecule has 0 radical (unpaired) electrons. The Morgan fingerprint density at radius 1 is 1.05 bits per heavy atom. The highest BCUT2D eigenvalue weighted by Gasteiger charge is 2.15. The predicted octanol–water partition coefficient (Wildman–Crippen LogP) is 3.59. The average Bonchev–Trinajstić information content (AvgIpc) is 2.45. The van der Waals surface area contributed by atoms with Gasteiger partial charge in [0.05, 0.1) is 23.6 Å². The van der Waals surface area contributed by atoms with E-state index in [1.54, 1.807) is 0 Å². The second kappa shape index (κ2) is 6.35. The van der Waals surface area contributed by atoms with Crippen LogP contribution in [-0.2, 0) is 11.8 Å². The standard InChI is InChI=1S/C18H25N3/c1-13-11-21-17(12-20-13)16(19-5)10-14-6-8-15(9-7-14)18(2,3)4/h6-9,11-12,16,19H,10H2,1-5H3. The second-order valence-electron chi connectivity index (χ2n) is 6.57. The van der Waals surface area contributed by atoms with Gasteiger partial charge in [0.25, 0.3) is 0 Å². The van der Waals surface area contributed by atoms with Crippen LogP contribution in [0.5, 0.6) is 0 Å². The molecule has 1 unspecified atom stereocenters. The minimum absolute atomic E-state index is 0.193. The van der Waals surface area contributed by atoms with Crippen molar-refractivity contribution in [3.63, 3.8) is 0 Å². The summed E-state index contributed by atoms with van der Waals surface area (Å²) in [6, 6.07) is 9.07. The lowest BCUT2D eigenvalue weighted by molar-refractivity contribution is 0.570. The van der Waals surface area contributed by atoms with Crippen molar-refractivity contribution in [2.45, 2.75) is 45.6 Å². The van der Waals surface area contributed by atoms with Crippen LogP contribution in [0, 0.1) is 6.92 Å². The summed E-state index contributed by atoms with van der Waals surface area (Å²) < 4.78 is 0. The van der Waals surface area contributed by atoms with E-state index in [1.807, 2.05) is 26.4 Å². The Morgan fingerprint density at radius 3 is 2.19 bits per heavy atom. The number of aryl methyl sites for hydroxylation is 1. The van der Waals surface area contributed by atoms with Crippen molar-refractivity contribution in [3.05, 3.63) is 59.2 Å². The van der Waals surface area contributed by atoms with Crippen molar-refractivity contribution in [2.75, 3.05) is 7.05 Å². The summed E-state index contributed by atoms with van der Waals surface area (Å²) in [7, 11) is 1.97. The molecular formula is C18H25N3. The molecule has 3 heteroatoms. The first-order valence-corrected chi connectivity index (χ1v) is 7.45. The van der Waals surface area contributed by atoms with Crippen LogP contribution < -0.4 is 5.32 Å². The van der Waals surface area contributed by atoms with Crippen LogP contribution >= 0.6 is 0 Å². The second-order valence-corrected chi connectivity index (χ2v) is 6.57. The van der Waals surface area contributed by atoms with Gasteiger partial charge >= 0.3 is 0 Å². The zero-order valence-corrected chi connectivity index (χ0v) is 13.6. The van der Waals surface area contributed by atoms with Crippen molar-refractivity contribution in [3.8, 4) is 0 Å². The van der Waals surface area contributed by atoms with Crippen LogP contribution in [0.1, 0.15) is 49.3 Å². The van der Waals surface area contributed by atoms with Crippen LogP contribution in [-0.4, -0.2) is 17.0 Å². The maximum absolute atomic E-state index is 4.48. The first kappa shape index (κ1) is 15.6. The van der Waals surface area contributed by atoms with Gasteiger partial charge in [0.2, 0.25) is 0 Å². The number of nitrogens with one attached hydrogen (secondary N) is 1. The fourth-order valence-corrected chi connectivity index (χ4v) is 2.31. The van der Waals surface area contributed by atoms with Gasteiger partial charge in [-0.15, -0.1) is 0 Å². The Kier molecular flexibility index (Phi) is 4.73. The Morgan fingerprint density at radius 2 is 1.71 bits per heavy atom. The molecule has 1 aromatic carbocycles. The highest BCUT2D eigenvalue weighted by molar-refractivity contribution is 5.28. The summed E-state index contributed by atoms with van der Waals surface area (Å²) in [5.74, 6) is 0. The first-order valence-electron chi connectivity index (χ1n) is 7.45. The zero-order chi connectivity index (χ0) is 15.5. The monoisotopic (exact) mass is 283 g/mol. The predicted molar refractivity (Wildman–Crippen MR) is 87.4 cm³/mol. The van der Waals surface area contributed by atoms with Crippen LogP contribution in [0.3, 0.4) is 0 Å². The molecule has 0 aliphatic heterocycles. The minimum atomic E-state index is 0.193. The number of nitrogens with zero attached hydrogens (tertiary/aromatic N) is 2. The van der Waals surface area contributed by atoms with Gasteiger partial charge in [-0.1, -0.05) is 45.0 Å². The van der Waals surface area contributed by atoms with Gasteiger partial charge in [0, 0.05) is 6.20 Å². The zero-order valence-electron chi connectivity index (χ0n) is 13.6. The fourth-order valence-electron chi connectivity index (χ4n) is 2.31. The number of hydrogen-bond donors (Lipinski definition) is 1. The average molecular weight is 283 g/mol. The van der Waals surface area contributed by atoms with E-state index in [1.165, 1.54) is 11.1 Å². The summed E-state index contributed by atoms with van der Waals surface area (Å²) in [5, 5.41) is 3.33. The quantitative estimate of drug-likeness (QED) is 0.932. The molecule has 1 heterocycles. The topological polar surface area (TPSA) is 37.8 Å². The van der Waals surface area contributed by atoms with Crippen molar-refractivity contribution in [1.29, 1.82) is 0 Å². The van der Waals surface area contributed by atoms with Gasteiger partial charge in [0.15, 0.2) is 0 Å². The highest BCUT2D eigenvalue weighted by atomic mass is 14.9. The van der Waals surface area contributed by atoms with Gasteiger partial charge in [-0.2, -0.15) is 0 Å². The maximum Gasteiger partial charge on any atom is 0.0759 e. The molecule has 0 amide bonds. The Bertz CT molecular complexity index is 565. The van der Waals surface area contributed by atoms with E-state index in [-0.39, 0.29) is 11.5 Å². The van der Waals surface area contributed by atoms with E-state index in [0.717, 1.165) is 17.8 Å². The third-order valence-electron chi connectivity index (χ3n) is 3.77. The van der Waals surface area contributed by atoms with Gasteiger partial charge in [-0.05, 0) is 36.9 Å². The number of benzene rings is 1. The number of rotatable bonds is 4. The summed E-state index contributed by atoms with van der Waals surface area (Å²) >= 11 is 0. The van der Waals surface area contributed by atoms with Gasteiger partial charge < -0.3 is 5.32 Å². The van der Waals surface area contributed by atoms with E-state index in [0.29, 0.717) is 0 Å². The maximum atomic E-state index is 4.48. The minimum Gasteiger partial charge on any atom is -0.311 e. The molecule has 0 aliphatic carbocycles. The molecule has 0 aliphatic rings. The van der Waals surface area contributed by atoms with Gasteiger partial charge in [-0.25, -0.2) is 0 Å².